The molecular formula is C28H36BrFO7. The van der Waals surface area contributed by atoms with E-state index in [4.69, 9.17) is 9.47 Å². The molecule has 0 radical (unpaired) electrons. The van der Waals surface area contributed by atoms with Gasteiger partial charge in [-0.05, 0) is 49.8 Å². The smallest absolute Gasteiger partial charge is 0.306 e. The molecule has 1 unspecified atom stereocenters. The fourth-order valence-electron chi connectivity index (χ4n) is 8.00. The average molecular weight is 583 g/mol. The van der Waals surface area contributed by atoms with Gasteiger partial charge in [-0.3, -0.25) is 19.2 Å². The highest BCUT2D eigenvalue weighted by atomic mass is 79.9. The molecule has 9 heteroatoms. The van der Waals surface area contributed by atoms with E-state index >= 15 is 4.39 Å². The molecule has 37 heavy (non-hydrogen) atoms. The van der Waals surface area contributed by atoms with Crippen molar-refractivity contribution in [1.82, 2.24) is 0 Å². The van der Waals surface area contributed by atoms with Crippen molar-refractivity contribution in [3.8, 4) is 0 Å². The van der Waals surface area contributed by atoms with Gasteiger partial charge in [-0.25, -0.2) is 4.39 Å². The molecule has 4 aliphatic carbocycles. The third-order valence-electron chi connectivity index (χ3n) is 9.80. The van der Waals surface area contributed by atoms with Crippen LogP contribution in [0.4, 0.5) is 4.39 Å². The van der Waals surface area contributed by atoms with Crippen LogP contribution < -0.4 is 0 Å². The van der Waals surface area contributed by atoms with Gasteiger partial charge >= 0.3 is 11.9 Å². The number of aliphatic hydroxyl groups excluding tert-OH is 1. The summed E-state index contributed by atoms with van der Waals surface area (Å²) in [6.45, 7) is 7.99. The number of hydrogen-bond acceptors (Lipinski definition) is 7. The summed E-state index contributed by atoms with van der Waals surface area (Å²) in [5.41, 5.74) is -5.52. The molecule has 204 valence electrons. The van der Waals surface area contributed by atoms with Gasteiger partial charge in [0.25, 0.3) is 0 Å². The minimum atomic E-state index is -2.10. The molecule has 0 saturated heterocycles. The highest BCUT2D eigenvalue weighted by Gasteiger charge is 2.77. The number of carbonyl (C=O) groups excluding carboxylic acids is 4. The van der Waals surface area contributed by atoms with Crippen molar-refractivity contribution < 1.29 is 38.1 Å². The largest absolute Gasteiger partial charge is 0.457 e. The number of carbonyl (C=O) groups is 4. The molecule has 3 fully saturated rings. The Hall–Kier alpha value is -1.87. The van der Waals surface area contributed by atoms with E-state index in [2.05, 4.69) is 15.9 Å². The summed E-state index contributed by atoms with van der Waals surface area (Å²) in [6.07, 6.45) is 3.56. The second-order valence-electron chi connectivity index (χ2n) is 11.5. The Morgan fingerprint density at radius 1 is 1.14 bits per heavy atom. The van der Waals surface area contributed by atoms with Crippen LogP contribution >= 0.6 is 15.9 Å². The Morgan fingerprint density at radius 2 is 1.78 bits per heavy atom. The molecule has 0 aromatic heterocycles. The van der Waals surface area contributed by atoms with E-state index in [0.717, 1.165) is 0 Å². The van der Waals surface area contributed by atoms with Crippen molar-refractivity contribution in [2.45, 2.75) is 88.9 Å². The second kappa shape index (κ2) is 9.40. The van der Waals surface area contributed by atoms with Crippen LogP contribution in [0, 0.1) is 28.6 Å². The number of halogens is 2. The number of esters is 2. The van der Waals surface area contributed by atoms with Crippen LogP contribution in [0.3, 0.4) is 0 Å². The van der Waals surface area contributed by atoms with E-state index in [1.165, 1.54) is 12.2 Å². The van der Waals surface area contributed by atoms with Crippen LogP contribution in [0.5, 0.6) is 0 Å². The van der Waals surface area contributed by atoms with Gasteiger partial charge < -0.3 is 14.6 Å². The minimum absolute atomic E-state index is 0.0325. The van der Waals surface area contributed by atoms with Crippen molar-refractivity contribution in [2.75, 3.05) is 6.61 Å². The van der Waals surface area contributed by atoms with Gasteiger partial charge in [0.15, 0.2) is 23.7 Å². The lowest BCUT2D eigenvalue weighted by Gasteiger charge is -2.63. The number of ether oxygens (including phenoxy) is 2. The Bertz CT molecular complexity index is 1090. The zero-order valence-electron chi connectivity index (χ0n) is 22.0. The van der Waals surface area contributed by atoms with Crippen LogP contribution in [-0.4, -0.2) is 57.4 Å². The van der Waals surface area contributed by atoms with Gasteiger partial charge in [-0.2, -0.15) is 0 Å². The van der Waals surface area contributed by atoms with Crippen LogP contribution in [0.2, 0.25) is 0 Å². The molecule has 0 spiro atoms. The van der Waals surface area contributed by atoms with Crippen molar-refractivity contribution in [2.24, 2.45) is 28.6 Å². The quantitative estimate of drug-likeness (QED) is 0.369. The van der Waals surface area contributed by atoms with Crippen molar-refractivity contribution >= 4 is 39.4 Å². The molecule has 4 rings (SSSR count). The first-order valence-corrected chi connectivity index (χ1v) is 14.0. The van der Waals surface area contributed by atoms with E-state index in [1.54, 1.807) is 40.7 Å². The van der Waals surface area contributed by atoms with E-state index in [0.29, 0.717) is 18.4 Å². The number of allylic oxidation sites excluding steroid dienone is 4. The molecule has 0 aliphatic heterocycles. The first kappa shape index (κ1) is 28.1. The van der Waals surface area contributed by atoms with Crippen molar-refractivity contribution in [3.05, 3.63) is 23.8 Å². The summed E-state index contributed by atoms with van der Waals surface area (Å²) in [5, 5.41) is 11.6. The van der Waals surface area contributed by atoms with Gasteiger partial charge in [0.05, 0.1) is 6.10 Å². The maximum atomic E-state index is 17.5. The molecule has 9 atom stereocenters. The lowest BCUT2D eigenvalue weighted by molar-refractivity contribution is -0.228. The van der Waals surface area contributed by atoms with E-state index < -0.39 is 70.3 Å². The average Bonchev–Trinajstić information content (AvgIpc) is 3.07. The SMILES string of the molecule is CCC(=O)OCC(=O)[C@@]1(OC(=O)CC)[C@@H](C)C[C@H]2[C@@H]3CC(Br)C4=CC(=O)C=C[C@]4(C)[C@@]3(F)[C@@H](O)C[C@@]21C. The molecule has 0 bridgehead atoms. The lowest BCUT2D eigenvalue weighted by atomic mass is 9.44. The van der Waals surface area contributed by atoms with E-state index in [1.807, 2.05) is 0 Å². The first-order valence-electron chi connectivity index (χ1n) is 13.1. The number of aliphatic hydroxyl groups is 1. The number of alkyl halides is 2. The van der Waals surface area contributed by atoms with Gasteiger partial charge in [0.2, 0.25) is 5.78 Å². The Balaban J connectivity index is 1.83. The highest BCUT2D eigenvalue weighted by Crippen LogP contribution is 2.72. The third-order valence-corrected chi connectivity index (χ3v) is 10.7. The van der Waals surface area contributed by atoms with Crippen LogP contribution in [-0.2, 0) is 28.7 Å². The summed E-state index contributed by atoms with van der Waals surface area (Å²) in [6, 6.07) is 0. The standard InChI is InChI=1S/C28H36BrFO7/c1-6-23(34)36-14-22(33)28(37-24(35)7-2)15(3)10-17-18-12-20(29)19-11-16(31)8-9-25(19,4)27(18,30)21(32)13-26(17,28)5/h8-9,11,15,17-18,20-21,32H,6-7,10,12-14H2,1-5H3/t15-,17-,18-,20?,21-,25-,26-,27-,28-/m0/s1. The van der Waals surface area contributed by atoms with Crippen molar-refractivity contribution in [1.29, 1.82) is 0 Å². The van der Waals surface area contributed by atoms with Crippen molar-refractivity contribution in [3.63, 3.8) is 0 Å². The predicted molar refractivity (Wildman–Crippen MR) is 136 cm³/mol. The summed E-state index contributed by atoms with van der Waals surface area (Å²) in [4.78, 5) is 50.3. The van der Waals surface area contributed by atoms with Gasteiger partial charge in [0, 0.05) is 40.3 Å². The minimum Gasteiger partial charge on any atom is -0.457 e. The number of ketones is 2. The molecule has 3 saturated carbocycles. The second-order valence-corrected chi connectivity index (χ2v) is 12.6. The van der Waals surface area contributed by atoms with Crippen LogP contribution in [0.25, 0.3) is 0 Å². The Kier molecular flexibility index (Phi) is 7.15. The van der Waals surface area contributed by atoms with Gasteiger partial charge in [-0.15, -0.1) is 0 Å². The number of rotatable bonds is 6. The van der Waals surface area contributed by atoms with E-state index in [9.17, 15) is 24.3 Å². The zero-order chi connectivity index (χ0) is 27.6. The predicted octanol–water partition coefficient (Wildman–Crippen LogP) is 4.19. The first-order chi connectivity index (χ1) is 17.2. The van der Waals surface area contributed by atoms with Gasteiger partial charge in [0.1, 0.15) is 0 Å². The monoisotopic (exact) mass is 582 g/mol. The number of hydrogen-bond donors (Lipinski definition) is 1. The van der Waals surface area contributed by atoms with Crippen LogP contribution in [0.15, 0.2) is 23.8 Å². The fraction of sp³-hybridized carbons (Fsp3) is 0.714. The fourth-order valence-corrected chi connectivity index (χ4v) is 9.01. The zero-order valence-corrected chi connectivity index (χ0v) is 23.6. The van der Waals surface area contributed by atoms with Gasteiger partial charge in [-0.1, -0.05) is 49.7 Å². The topological polar surface area (TPSA) is 107 Å². The molecular weight excluding hydrogens is 547 g/mol. The maximum absolute atomic E-state index is 17.5. The molecule has 0 heterocycles. The normalized spacial score (nSPS) is 44.3. The Labute approximate surface area is 225 Å². The Morgan fingerprint density at radius 3 is 2.41 bits per heavy atom. The number of fused-ring (bicyclic) bond motifs is 5. The third kappa shape index (κ3) is 3.73. The molecule has 4 aliphatic rings. The molecule has 1 N–H and O–H groups in total. The molecule has 0 amide bonds. The molecule has 0 aromatic rings. The molecule has 0 aromatic carbocycles. The maximum Gasteiger partial charge on any atom is 0.306 e. The highest BCUT2D eigenvalue weighted by molar-refractivity contribution is 9.09. The summed E-state index contributed by atoms with van der Waals surface area (Å²) in [7, 11) is 0. The summed E-state index contributed by atoms with van der Waals surface area (Å²) >= 11 is 3.67. The summed E-state index contributed by atoms with van der Waals surface area (Å²) < 4.78 is 28.7. The lowest BCUT2D eigenvalue weighted by Crippen LogP contribution is -2.71. The summed E-state index contributed by atoms with van der Waals surface area (Å²) in [5.74, 6) is -3.51. The number of Topliss-reactive ketones (excluding diaryl/α,β-unsaturated/α-hetero) is 1. The molecule has 7 nitrogen and oxygen atoms in total. The van der Waals surface area contributed by atoms with E-state index in [-0.39, 0.29) is 29.9 Å². The van der Waals surface area contributed by atoms with Crippen LogP contribution in [0.1, 0.15) is 66.7 Å².